The number of benzene rings is 3. The first kappa shape index (κ1) is 29.5. The van der Waals surface area contributed by atoms with Gasteiger partial charge in [0.05, 0.1) is 18.8 Å². The minimum atomic E-state index is -0.561. The molecule has 0 radical (unpaired) electrons. The van der Waals surface area contributed by atoms with Gasteiger partial charge >= 0.3 is 6.09 Å². The zero-order valence-corrected chi connectivity index (χ0v) is 23.9. The van der Waals surface area contributed by atoms with Gasteiger partial charge in [0.25, 0.3) is 0 Å². The molecule has 1 aliphatic rings. The minimum absolute atomic E-state index is 0.00117. The molecule has 4 aromatic rings. The maximum Gasteiger partial charge on any atom is 0.407 e. The lowest BCUT2D eigenvalue weighted by atomic mass is 9.98. The highest BCUT2D eigenvalue weighted by Gasteiger charge is 2.32. The van der Waals surface area contributed by atoms with Crippen molar-refractivity contribution in [2.75, 3.05) is 12.4 Å². The van der Waals surface area contributed by atoms with Crippen LogP contribution in [0.4, 0.5) is 4.79 Å². The highest BCUT2D eigenvalue weighted by Crippen LogP contribution is 2.39. The van der Waals surface area contributed by atoms with E-state index in [1.807, 2.05) is 72.8 Å². The average Bonchev–Trinajstić information content (AvgIpc) is 3.06. The minimum Gasteiger partial charge on any atom is -0.445 e. The van der Waals surface area contributed by atoms with E-state index in [0.29, 0.717) is 23.9 Å². The summed E-state index contributed by atoms with van der Waals surface area (Å²) in [6.07, 6.45) is 4.37. The zero-order chi connectivity index (χ0) is 29.1. The summed E-state index contributed by atoms with van der Waals surface area (Å²) < 4.78 is 18.0. The summed E-state index contributed by atoms with van der Waals surface area (Å²) in [5.41, 5.74) is 5.79. The second kappa shape index (κ2) is 14.7. The predicted octanol–water partition coefficient (Wildman–Crippen LogP) is 6.39. The van der Waals surface area contributed by atoms with Gasteiger partial charge in [-0.1, -0.05) is 97.2 Å². The molecule has 0 spiro atoms. The Hall–Kier alpha value is -4.02. The molecule has 0 unspecified atom stereocenters. The van der Waals surface area contributed by atoms with Crippen molar-refractivity contribution in [1.29, 1.82) is 0 Å². The van der Waals surface area contributed by atoms with Gasteiger partial charge in [-0.2, -0.15) is 0 Å². The van der Waals surface area contributed by atoms with Crippen LogP contribution in [0.25, 0.3) is 11.1 Å². The van der Waals surface area contributed by atoms with Crippen molar-refractivity contribution in [3.63, 3.8) is 0 Å². The van der Waals surface area contributed by atoms with Crippen LogP contribution in [0.2, 0.25) is 0 Å². The van der Waals surface area contributed by atoms with Crippen molar-refractivity contribution >= 4 is 17.9 Å². The van der Waals surface area contributed by atoms with Gasteiger partial charge in [-0.15, -0.1) is 0 Å². The largest absolute Gasteiger partial charge is 0.445 e. The zero-order valence-electron chi connectivity index (χ0n) is 23.1. The monoisotopic (exact) mass is 583 g/mol. The number of nitrogens with zero attached hydrogens (tertiary/aromatic N) is 2. The molecule has 1 aromatic heterocycles. The molecular weight excluding hydrogens is 550 g/mol. The predicted molar refractivity (Wildman–Crippen MR) is 161 cm³/mol. The summed E-state index contributed by atoms with van der Waals surface area (Å²) in [6.45, 7) is 4.06. The Morgan fingerprint density at radius 2 is 1.74 bits per heavy atom. The third-order valence-corrected chi connectivity index (χ3v) is 7.83. The van der Waals surface area contributed by atoms with Gasteiger partial charge in [-0.25, -0.2) is 14.8 Å². The first-order valence-corrected chi connectivity index (χ1v) is 14.7. The topological polar surface area (TPSA) is 103 Å². The number of aromatic nitrogens is 2. The summed E-state index contributed by atoms with van der Waals surface area (Å²) in [7, 11) is 0. The Bertz CT molecular complexity index is 1450. The Kier molecular flexibility index (Phi) is 10.3. The van der Waals surface area contributed by atoms with Gasteiger partial charge in [0, 0.05) is 36.7 Å². The van der Waals surface area contributed by atoms with Crippen LogP contribution in [0.3, 0.4) is 0 Å². The van der Waals surface area contributed by atoms with Gasteiger partial charge in [-0.05, 0) is 33.9 Å². The summed E-state index contributed by atoms with van der Waals surface area (Å²) in [5, 5.41) is 13.0. The molecule has 0 aliphatic carbocycles. The van der Waals surface area contributed by atoms with Crippen LogP contribution in [0.15, 0.2) is 109 Å². The third kappa shape index (κ3) is 7.83. The van der Waals surface area contributed by atoms with E-state index < -0.39 is 12.4 Å². The van der Waals surface area contributed by atoms with Gasteiger partial charge in [0.15, 0.2) is 11.4 Å². The first-order chi connectivity index (χ1) is 20.6. The van der Waals surface area contributed by atoms with Crippen molar-refractivity contribution in [3.8, 4) is 11.1 Å². The maximum atomic E-state index is 11.9. The number of nitrogens with one attached hydrogen (secondary N) is 1. The van der Waals surface area contributed by atoms with Crippen LogP contribution in [0.5, 0.6) is 0 Å². The lowest BCUT2D eigenvalue weighted by Gasteiger charge is -2.36. The molecule has 216 valence electrons. The molecule has 0 saturated carbocycles. The highest BCUT2D eigenvalue weighted by molar-refractivity contribution is 7.99. The number of aliphatic hydroxyl groups excluding tert-OH is 1. The second-order valence-corrected chi connectivity index (χ2v) is 10.7. The van der Waals surface area contributed by atoms with E-state index in [1.54, 1.807) is 30.2 Å². The molecule has 1 saturated heterocycles. The standard InChI is InChI=1S/C33H33N3O5S/c1-2-18-39-33(38)36-20-27-6-3-4-7-29(27)24-12-14-26(15-13-24)31-40-28(22-42-32-34-16-5-17-35-32)19-30(41-31)25-10-8-23(21-37)9-11-25/h2-17,28,30-31,37H,1,18-22H2,(H,36,38)/t28-,30+,31+/m0/s1. The summed E-state index contributed by atoms with van der Waals surface area (Å²) in [6, 6.07) is 25.7. The number of carbonyl (C=O) groups is 1. The number of hydrogen-bond acceptors (Lipinski definition) is 8. The fraction of sp³-hybridized carbons (Fsp3) is 0.242. The van der Waals surface area contributed by atoms with E-state index in [4.69, 9.17) is 14.2 Å². The number of ether oxygens (including phenoxy) is 3. The number of thioether (sulfide) groups is 1. The van der Waals surface area contributed by atoms with E-state index >= 15 is 0 Å². The fourth-order valence-corrected chi connectivity index (χ4v) is 5.50. The normalized spacial score (nSPS) is 18.3. The van der Waals surface area contributed by atoms with Crippen LogP contribution in [0.1, 0.15) is 41.1 Å². The van der Waals surface area contributed by atoms with E-state index in [-0.39, 0.29) is 25.4 Å². The van der Waals surface area contributed by atoms with Crippen LogP contribution in [-0.4, -0.2) is 39.6 Å². The molecule has 1 aliphatic heterocycles. The van der Waals surface area contributed by atoms with E-state index in [0.717, 1.165) is 33.4 Å². The number of aliphatic hydroxyl groups is 1. The molecule has 8 nitrogen and oxygen atoms in total. The molecule has 0 bridgehead atoms. The van der Waals surface area contributed by atoms with Crippen LogP contribution in [0, 0.1) is 0 Å². The van der Waals surface area contributed by atoms with Crippen molar-refractivity contribution in [2.24, 2.45) is 0 Å². The van der Waals surface area contributed by atoms with Gasteiger partial charge in [0.1, 0.15) is 6.61 Å². The van der Waals surface area contributed by atoms with Crippen molar-refractivity contribution in [2.45, 2.75) is 43.2 Å². The number of hydrogen-bond donors (Lipinski definition) is 2. The summed E-state index contributed by atoms with van der Waals surface area (Å²) >= 11 is 1.56. The maximum absolute atomic E-state index is 11.9. The van der Waals surface area contributed by atoms with Crippen LogP contribution in [-0.2, 0) is 27.4 Å². The van der Waals surface area contributed by atoms with Gasteiger partial charge in [0.2, 0.25) is 0 Å². The smallest absolute Gasteiger partial charge is 0.407 e. The second-order valence-electron chi connectivity index (χ2n) is 9.71. The Labute approximate surface area is 249 Å². The highest BCUT2D eigenvalue weighted by atomic mass is 32.2. The molecule has 9 heteroatoms. The molecule has 3 aromatic carbocycles. The number of alkyl carbamates (subject to hydrolysis) is 1. The third-order valence-electron chi connectivity index (χ3n) is 6.82. The Morgan fingerprint density at radius 3 is 2.48 bits per heavy atom. The number of carbonyl (C=O) groups excluding carboxylic acids is 1. The fourth-order valence-electron chi connectivity index (χ4n) is 4.68. The lowest BCUT2D eigenvalue weighted by Crippen LogP contribution is -2.31. The van der Waals surface area contributed by atoms with Crippen LogP contribution >= 0.6 is 11.8 Å². The quantitative estimate of drug-likeness (QED) is 0.119. The van der Waals surface area contributed by atoms with E-state index in [2.05, 4.69) is 21.9 Å². The van der Waals surface area contributed by atoms with Crippen molar-refractivity contribution in [3.05, 3.63) is 126 Å². The molecule has 1 fully saturated rings. The first-order valence-electron chi connectivity index (χ1n) is 13.7. The summed E-state index contributed by atoms with van der Waals surface area (Å²) in [5.74, 6) is 0.683. The van der Waals surface area contributed by atoms with Crippen molar-refractivity contribution < 1.29 is 24.1 Å². The van der Waals surface area contributed by atoms with E-state index in [9.17, 15) is 9.90 Å². The summed E-state index contributed by atoms with van der Waals surface area (Å²) in [4.78, 5) is 20.6. The van der Waals surface area contributed by atoms with Gasteiger partial charge < -0.3 is 24.6 Å². The van der Waals surface area contributed by atoms with Crippen LogP contribution < -0.4 is 5.32 Å². The number of rotatable bonds is 11. The molecule has 3 atom stereocenters. The Balaban J connectivity index is 1.32. The Morgan fingerprint density at radius 1 is 1.00 bits per heavy atom. The van der Waals surface area contributed by atoms with E-state index in [1.165, 1.54) is 6.08 Å². The number of amides is 1. The average molecular weight is 584 g/mol. The molecule has 42 heavy (non-hydrogen) atoms. The molecule has 2 heterocycles. The van der Waals surface area contributed by atoms with Crippen molar-refractivity contribution in [1.82, 2.24) is 15.3 Å². The SMILES string of the molecule is C=CCOC(=O)NCc1ccccc1-c1ccc([C@@H]2O[C@H](CSc3ncccn3)C[C@H](c3ccc(CO)cc3)O2)cc1. The molecular formula is C33H33N3O5S. The molecule has 1 amide bonds. The molecule has 2 N–H and O–H groups in total. The lowest BCUT2D eigenvalue weighted by molar-refractivity contribution is -0.245. The van der Waals surface area contributed by atoms with Gasteiger partial charge in [-0.3, -0.25) is 0 Å². The molecule has 5 rings (SSSR count).